The van der Waals surface area contributed by atoms with E-state index in [1.165, 1.54) is 0 Å². The van der Waals surface area contributed by atoms with Gasteiger partial charge in [0.2, 0.25) is 0 Å². The zero-order chi connectivity index (χ0) is 15.0. The number of carbonyl (C=O) groups is 1. The molecule has 110 valence electrons. The van der Waals surface area contributed by atoms with Crippen LogP contribution in [0.25, 0.3) is 6.08 Å². The average molecular weight is 274 g/mol. The van der Waals surface area contributed by atoms with Gasteiger partial charge in [-0.15, -0.1) is 0 Å². The first kappa shape index (κ1) is 16.3. The Labute approximate surface area is 122 Å². The van der Waals surface area contributed by atoms with Crippen LogP contribution in [0.5, 0.6) is 0 Å². The lowest BCUT2D eigenvalue weighted by atomic mass is 10.1. The number of amides is 2. The molecule has 0 aliphatic heterocycles. The normalized spacial score (nSPS) is 11.3. The third-order valence-corrected chi connectivity index (χ3v) is 2.74. The summed E-state index contributed by atoms with van der Waals surface area (Å²) in [6.45, 7) is 10.1. The molecule has 1 N–H and O–H groups in total. The Balaban J connectivity index is 2.55. The summed E-state index contributed by atoms with van der Waals surface area (Å²) in [4.78, 5) is 14.0. The second-order valence-corrected chi connectivity index (χ2v) is 5.89. The van der Waals surface area contributed by atoms with Crippen LogP contribution in [0, 0.1) is 11.8 Å². The molecule has 0 fully saturated rings. The van der Waals surface area contributed by atoms with Crippen molar-refractivity contribution in [2.24, 2.45) is 11.8 Å². The molecule has 2 amide bonds. The molecule has 0 radical (unpaired) electrons. The van der Waals surface area contributed by atoms with Crippen LogP contribution in [-0.2, 0) is 0 Å². The van der Waals surface area contributed by atoms with E-state index in [2.05, 4.69) is 33.0 Å². The Hall–Kier alpha value is -1.77. The predicted molar refractivity (Wildman–Crippen MR) is 85.3 cm³/mol. The van der Waals surface area contributed by atoms with Crippen LogP contribution >= 0.6 is 0 Å². The van der Waals surface area contributed by atoms with E-state index in [0.717, 1.165) is 18.7 Å². The Kier molecular flexibility index (Phi) is 6.85. The minimum absolute atomic E-state index is 0.0282. The topological polar surface area (TPSA) is 32.3 Å². The quantitative estimate of drug-likeness (QED) is 0.836. The first-order valence-electron chi connectivity index (χ1n) is 7.26. The van der Waals surface area contributed by atoms with Crippen LogP contribution in [0.4, 0.5) is 4.79 Å². The van der Waals surface area contributed by atoms with Crippen LogP contribution in [0.1, 0.15) is 33.3 Å². The molecule has 0 aliphatic carbocycles. The number of carbonyl (C=O) groups excluding carboxylic acids is 1. The van der Waals surface area contributed by atoms with Crippen molar-refractivity contribution in [3.63, 3.8) is 0 Å². The molecule has 1 rings (SSSR count). The van der Waals surface area contributed by atoms with Crippen molar-refractivity contribution in [3.8, 4) is 0 Å². The molecule has 0 aliphatic rings. The highest BCUT2D eigenvalue weighted by molar-refractivity contribution is 5.76. The van der Waals surface area contributed by atoms with Crippen molar-refractivity contribution in [1.29, 1.82) is 0 Å². The Morgan fingerprint density at radius 2 is 1.65 bits per heavy atom. The SMILES string of the molecule is CC(C)CN(CC(C)C)C(=O)N/C=C/c1ccccc1. The monoisotopic (exact) mass is 274 g/mol. The van der Waals surface area contributed by atoms with Gasteiger partial charge < -0.3 is 10.2 Å². The number of benzene rings is 1. The fraction of sp³-hybridized carbons (Fsp3) is 0.471. The van der Waals surface area contributed by atoms with Crippen molar-refractivity contribution in [2.45, 2.75) is 27.7 Å². The third kappa shape index (κ3) is 6.41. The summed E-state index contributed by atoms with van der Waals surface area (Å²) in [6.07, 6.45) is 3.62. The molecule has 3 nitrogen and oxygen atoms in total. The number of hydrogen-bond donors (Lipinski definition) is 1. The number of rotatable bonds is 6. The smallest absolute Gasteiger partial charge is 0.321 e. The van der Waals surface area contributed by atoms with Crippen LogP contribution in [0.3, 0.4) is 0 Å². The summed E-state index contributed by atoms with van der Waals surface area (Å²) in [6, 6.07) is 9.91. The van der Waals surface area contributed by atoms with Gasteiger partial charge in [0.25, 0.3) is 0 Å². The maximum Gasteiger partial charge on any atom is 0.321 e. The fourth-order valence-electron chi connectivity index (χ4n) is 1.99. The van der Waals surface area contributed by atoms with Gasteiger partial charge in [-0.1, -0.05) is 58.0 Å². The van der Waals surface area contributed by atoms with Gasteiger partial charge in [0, 0.05) is 19.3 Å². The highest BCUT2D eigenvalue weighted by Crippen LogP contribution is 2.05. The lowest BCUT2D eigenvalue weighted by molar-refractivity contribution is 0.187. The van der Waals surface area contributed by atoms with Crippen LogP contribution in [0.2, 0.25) is 0 Å². The minimum Gasteiger partial charge on any atom is -0.324 e. The van der Waals surface area contributed by atoms with Gasteiger partial charge >= 0.3 is 6.03 Å². The number of urea groups is 1. The van der Waals surface area contributed by atoms with Crippen LogP contribution in [-0.4, -0.2) is 24.0 Å². The van der Waals surface area contributed by atoms with Gasteiger partial charge in [-0.05, 0) is 23.5 Å². The minimum atomic E-state index is -0.0282. The molecule has 0 aromatic heterocycles. The number of nitrogens with zero attached hydrogens (tertiary/aromatic N) is 1. The maximum atomic E-state index is 12.2. The number of nitrogens with one attached hydrogen (secondary N) is 1. The van der Waals surface area contributed by atoms with E-state index in [-0.39, 0.29) is 6.03 Å². The maximum absolute atomic E-state index is 12.2. The second-order valence-electron chi connectivity index (χ2n) is 5.89. The van der Waals surface area contributed by atoms with Gasteiger partial charge in [-0.25, -0.2) is 4.79 Å². The summed E-state index contributed by atoms with van der Waals surface area (Å²) in [5.74, 6) is 0.940. The molecule has 0 atom stereocenters. The fourth-order valence-corrected chi connectivity index (χ4v) is 1.99. The lowest BCUT2D eigenvalue weighted by Gasteiger charge is -2.25. The lowest BCUT2D eigenvalue weighted by Crippen LogP contribution is -2.41. The van der Waals surface area contributed by atoms with Crippen LogP contribution < -0.4 is 5.32 Å². The Bertz CT molecular complexity index is 414. The molecule has 0 spiro atoms. The molecule has 0 heterocycles. The summed E-state index contributed by atoms with van der Waals surface area (Å²) in [5, 5.41) is 2.85. The predicted octanol–water partition coefficient (Wildman–Crippen LogP) is 3.98. The summed E-state index contributed by atoms with van der Waals surface area (Å²) >= 11 is 0. The van der Waals surface area contributed by atoms with E-state index in [1.807, 2.05) is 41.3 Å². The Morgan fingerprint density at radius 3 is 2.15 bits per heavy atom. The average Bonchev–Trinajstić information content (AvgIpc) is 2.38. The molecule has 0 saturated carbocycles. The molecule has 0 unspecified atom stereocenters. The first-order valence-corrected chi connectivity index (χ1v) is 7.26. The zero-order valence-electron chi connectivity index (χ0n) is 13.0. The van der Waals surface area contributed by atoms with Gasteiger partial charge in [0.15, 0.2) is 0 Å². The van der Waals surface area contributed by atoms with Gasteiger partial charge in [-0.2, -0.15) is 0 Å². The van der Waals surface area contributed by atoms with Gasteiger partial charge in [0.05, 0.1) is 0 Å². The summed E-state index contributed by atoms with van der Waals surface area (Å²) < 4.78 is 0. The van der Waals surface area contributed by atoms with E-state index < -0.39 is 0 Å². The molecular formula is C17H26N2O. The molecule has 0 bridgehead atoms. The van der Waals surface area contributed by atoms with Crippen molar-refractivity contribution in [1.82, 2.24) is 10.2 Å². The van der Waals surface area contributed by atoms with Crippen LogP contribution in [0.15, 0.2) is 36.5 Å². The highest BCUT2D eigenvalue weighted by atomic mass is 16.2. The zero-order valence-corrected chi connectivity index (χ0v) is 13.0. The molecule has 20 heavy (non-hydrogen) atoms. The molecule has 1 aromatic rings. The largest absolute Gasteiger partial charge is 0.324 e. The van der Waals surface area contributed by atoms with Crippen molar-refractivity contribution >= 4 is 12.1 Å². The summed E-state index contributed by atoms with van der Waals surface area (Å²) in [7, 11) is 0. The van der Waals surface area contributed by atoms with Crippen molar-refractivity contribution in [3.05, 3.63) is 42.1 Å². The molecule has 0 saturated heterocycles. The van der Waals surface area contributed by atoms with Gasteiger partial charge in [-0.3, -0.25) is 0 Å². The van der Waals surface area contributed by atoms with E-state index >= 15 is 0 Å². The van der Waals surface area contributed by atoms with E-state index in [4.69, 9.17) is 0 Å². The number of hydrogen-bond acceptors (Lipinski definition) is 1. The van der Waals surface area contributed by atoms with Gasteiger partial charge in [0.1, 0.15) is 0 Å². The second kappa shape index (κ2) is 8.41. The molecule has 1 aromatic carbocycles. The first-order chi connectivity index (χ1) is 9.49. The van der Waals surface area contributed by atoms with E-state index in [0.29, 0.717) is 11.8 Å². The van der Waals surface area contributed by atoms with E-state index in [9.17, 15) is 4.79 Å². The molecular weight excluding hydrogens is 248 g/mol. The highest BCUT2D eigenvalue weighted by Gasteiger charge is 2.14. The van der Waals surface area contributed by atoms with Crippen molar-refractivity contribution < 1.29 is 4.79 Å². The standard InChI is InChI=1S/C17H26N2O/c1-14(2)12-19(13-15(3)4)17(20)18-11-10-16-8-6-5-7-9-16/h5-11,14-15H,12-13H2,1-4H3,(H,18,20)/b11-10+. The van der Waals surface area contributed by atoms with E-state index in [1.54, 1.807) is 6.20 Å². The molecule has 3 heteroatoms. The third-order valence-electron chi connectivity index (χ3n) is 2.74. The van der Waals surface area contributed by atoms with Crippen molar-refractivity contribution in [2.75, 3.05) is 13.1 Å². The summed E-state index contributed by atoms with van der Waals surface area (Å²) in [5.41, 5.74) is 1.08. The Morgan fingerprint density at radius 1 is 1.10 bits per heavy atom.